The fourth-order valence-corrected chi connectivity index (χ4v) is 5.06. The smallest absolute Gasteiger partial charge is 0.361 e. The van der Waals surface area contributed by atoms with Gasteiger partial charge >= 0.3 is 12.4 Å². The lowest BCUT2D eigenvalue weighted by atomic mass is 9.96. The molecule has 1 atom stereocenters. The highest BCUT2D eigenvalue weighted by Crippen LogP contribution is 2.42. The van der Waals surface area contributed by atoms with Gasteiger partial charge in [0.25, 0.3) is 0 Å². The van der Waals surface area contributed by atoms with Gasteiger partial charge in [-0.25, -0.2) is 12.8 Å². The van der Waals surface area contributed by atoms with Crippen LogP contribution in [0.3, 0.4) is 0 Å². The van der Waals surface area contributed by atoms with Gasteiger partial charge in [-0.2, -0.15) is 31.1 Å². The molecule has 2 N–H and O–H groups in total. The van der Waals surface area contributed by atoms with Gasteiger partial charge in [0.1, 0.15) is 11.9 Å². The predicted molar refractivity (Wildman–Crippen MR) is 103 cm³/mol. The van der Waals surface area contributed by atoms with Crippen molar-refractivity contribution in [3.05, 3.63) is 59.5 Å². The Balaban J connectivity index is 1.83. The monoisotopic (exact) mass is 480 g/mol. The third-order valence-corrected chi connectivity index (χ3v) is 7.12. The molecule has 0 bridgehead atoms. The van der Waals surface area contributed by atoms with Gasteiger partial charge in [-0.1, -0.05) is 18.2 Å². The topological polar surface area (TPSA) is 62.0 Å². The molecule has 1 fully saturated rings. The highest BCUT2D eigenvalue weighted by molar-refractivity contribution is 7.90. The van der Waals surface area contributed by atoms with Crippen molar-refractivity contribution in [2.45, 2.75) is 36.5 Å². The Morgan fingerprint density at radius 1 is 1.00 bits per heavy atom. The van der Waals surface area contributed by atoms with Crippen molar-refractivity contribution in [1.82, 2.24) is 9.71 Å². The standard InChI is InChI=1S/C20H15F7N2O2S/c21-16-7-13-14(18(20(25,26)27)29-32(30,31)10-5-6-10)9-28-17(13)8-12(16)11-3-1-2-4-15(11)19(22,23)24/h1-4,7-10,18,28-29H,5-6H2/t18-/m0/s1. The van der Waals surface area contributed by atoms with Gasteiger partial charge in [0, 0.05) is 28.2 Å². The van der Waals surface area contributed by atoms with Crippen molar-refractivity contribution in [2.75, 3.05) is 0 Å². The molecule has 0 radical (unpaired) electrons. The van der Waals surface area contributed by atoms with Crippen LogP contribution in [0.15, 0.2) is 42.6 Å². The summed E-state index contributed by atoms with van der Waals surface area (Å²) in [7, 11) is -4.25. The first kappa shape index (κ1) is 22.6. The van der Waals surface area contributed by atoms with Crippen LogP contribution in [-0.2, 0) is 16.2 Å². The number of hydrogen-bond donors (Lipinski definition) is 2. The van der Waals surface area contributed by atoms with E-state index < -0.39 is 61.7 Å². The lowest BCUT2D eigenvalue weighted by molar-refractivity contribution is -0.152. The summed E-state index contributed by atoms with van der Waals surface area (Å²) in [4.78, 5) is 2.48. The van der Waals surface area contributed by atoms with Crippen LogP contribution in [0.25, 0.3) is 22.0 Å². The molecule has 172 valence electrons. The van der Waals surface area contributed by atoms with Crippen LogP contribution < -0.4 is 4.72 Å². The summed E-state index contributed by atoms with van der Waals surface area (Å²) in [6.07, 6.45) is -8.46. The molecule has 1 aromatic heterocycles. The normalized spacial score (nSPS) is 16.5. The van der Waals surface area contributed by atoms with E-state index in [1.807, 2.05) is 0 Å². The lowest BCUT2D eigenvalue weighted by Crippen LogP contribution is -2.39. The van der Waals surface area contributed by atoms with Gasteiger partial charge < -0.3 is 4.98 Å². The van der Waals surface area contributed by atoms with Crippen LogP contribution in [0, 0.1) is 5.82 Å². The molecule has 12 heteroatoms. The molecule has 4 nitrogen and oxygen atoms in total. The molecule has 1 heterocycles. The fraction of sp³-hybridized carbons (Fsp3) is 0.300. The third-order valence-electron chi connectivity index (χ3n) is 5.21. The first-order valence-corrected chi connectivity index (χ1v) is 10.9. The SMILES string of the molecule is O=S(=O)(N[C@@H](c1c[nH]c2cc(-c3ccccc3C(F)(F)F)c(F)cc12)C(F)(F)F)C1CC1. The van der Waals surface area contributed by atoms with Crippen LogP contribution in [-0.4, -0.2) is 24.8 Å². The Hall–Kier alpha value is -2.60. The Kier molecular flexibility index (Phi) is 5.28. The summed E-state index contributed by atoms with van der Waals surface area (Å²) in [6.45, 7) is 0. The number of nitrogens with one attached hydrogen (secondary N) is 2. The minimum absolute atomic E-state index is 0.0757. The van der Waals surface area contributed by atoms with Gasteiger partial charge in [-0.15, -0.1) is 0 Å². The van der Waals surface area contributed by atoms with E-state index in [1.165, 1.54) is 6.07 Å². The summed E-state index contributed by atoms with van der Waals surface area (Å²) < 4.78 is 122. The zero-order valence-electron chi connectivity index (χ0n) is 16.0. The molecule has 0 aliphatic heterocycles. The number of H-pyrrole nitrogens is 1. The minimum atomic E-state index is -5.03. The summed E-state index contributed by atoms with van der Waals surface area (Å²) in [5, 5.41) is -1.21. The van der Waals surface area contributed by atoms with Crippen LogP contribution in [0.5, 0.6) is 0 Å². The number of halogens is 7. The average molecular weight is 480 g/mol. The van der Waals surface area contributed by atoms with E-state index in [2.05, 4.69) is 4.98 Å². The Morgan fingerprint density at radius 3 is 2.25 bits per heavy atom. The molecular weight excluding hydrogens is 465 g/mol. The van der Waals surface area contributed by atoms with E-state index in [0.29, 0.717) is 6.07 Å². The minimum Gasteiger partial charge on any atom is -0.361 e. The van der Waals surface area contributed by atoms with E-state index in [1.54, 1.807) is 4.72 Å². The van der Waals surface area contributed by atoms with Crippen molar-refractivity contribution >= 4 is 20.9 Å². The van der Waals surface area contributed by atoms with E-state index in [0.717, 1.165) is 30.5 Å². The Bertz CT molecular complexity index is 1280. The average Bonchev–Trinajstić information content (AvgIpc) is 3.47. The zero-order chi connectivity index (χ0) is 23.5. The summed E-state index contributed by atoms with van der Waals surface area (Å²) in [5.74, 6) is -1.18. The van der Waals surface area contributed by atoms with Gasteiger partial charge in [0.15, 0.2) is 0 Å². The van der Waals surface area contributed by atoms with Gasteiger partial charge in [-0.05, 0) is 36.6 Å². The lowest BCUT2D eigenvalue weighted by Gasteiger charge is -2.21. The van der Waals surface area contributed by atoms with Crippen LogP contribution in [0.1, 0.15) is 30.0 Å². The Morgan fingerprint density at radius 2 is 1.66 bits per heavy atom. The van der Waals surface area contributed by atoms with Gasteiger partial charge in [-0.3, -0.25) is 0 Å². The number of rotatable bonds is 5. The van der Waals surface area contributed by atoms with E-state index >= 15 is 0 Å². The maximum absolute atomic E-state index is 14.9. The second-order valence-corrected chi connectivity index (χ2v) is 9.49. The van der Waals surface area contributed by atoms with Crippen LogP contribution in [0.2, 0.25) is 0 Å². The fourth-order valence-electron chi connectivity index (χ4n) is 3.52. The molecule has 0 unspecified atom stereocenters. The molecule has 1 saturated carbocycles. The molecule has 1 aliphatic carbocycles. The number of aromatic nitrogens is 1. The Labute approximate surface area is 177 Å². The highest BCUT2D eigenvalue weighted by Gasteiger charge is 2.47. The molecule has 4 rings (SSSR count). The summed E-state index contributed by atoms with van der Waals surface area (Å²) in [6, 6.07) is 3.24. The molecule has 0 spiro atoms. The highest BCUT2D eigenvalue weighted by atomic mass is 32.2. The largest absolute Gasteiger partial charge is 0.417 e. The maximum Gasteiger partial charge on any atom is 0.417 e. The number of fused-ring (bicyclic) bond motifs is 1. The summed E-state index contributed by atoms with van der Waals surface area (Å²) in [5.41, 5.74) is -2.69. The van der Waals surface area contributed by atoms with E-state index in [9.17, 15) is 39.2 Å². The van der Waals surface area contributed by atoms with Gasteiger partial charge in [0.05, 0.1) is 10.8 Å². The number of alkyl halides is 6. The summed E-state index contributed by atoms with van der Waals surface area (Å²) >= 11 is 0. The van der Waals surface area contributed by atoms with Gasteiger partial charge in [0.2, 0.25) is 10.0 Å². The van der Waals surface area contributed by atoms with Crippen molar-refractivity contribution < 1.29 is 39.2 Å². The first-order valence-electron chi connectivity index (χ1n) is 9.34. The number of hydrogen-bond acceptors (Lipinski definition) is 2. The van der Waals surface area contributed by atoms with Crippen molar-refractivity contribution in [3.8, 4) is 11.1 Å². The predicted octanol–water partition coefficient (Wildman–Crippen LogP) is 5.68. The molecular formula is C20H15F7N2O2S. The van der Waals surface area contributed by atoms with Crippen LogP contribution in [0.4, 0.5) is 30.7 Å². The molecule has 32 heavy (non-hydrogen) atoms. The quantitative estimate of drug-likeness (QED) is 0.462. The second kappa shape index (κ2) is 7.48. The molecule has 0 saturated heterocycles. The molecule has 0 amide bonds. The molecule has 3 aromatic rings. The molecule has 1 aliphatic rings. The van der Waals surface area contributed by atoms with Crippen molar-refractivity contribution in [2.24, 2.45) is 0 Å². The van der Waals surface area contributed by atoms with Crippen molar-refractivity contribution in [3.63, 3.8) is 0 Å². The van der Waals surface area contributed by atoms with E-state index in [-0.39, 0.29) is 23.7 Å². The van der Waals surface area contributed by atoms with Crippen LogP contribution >= 0.6 is 0 Å². The second-order valence-electron chi connectivity index (χ2n) is 7.50. The zero-order valence-corrected chi connectivity index (χ0v) is 16.8. The number of sulfonamides is 1. The number of aromatic amines is 1. The number of benzene rings is 2. The van der Waals surface area contributed by atoms with E-state index in [4.69, 9.17) is 0 Å². The third kappa shape index (κ3) is 4.20. The first-order chi connectivity index (χ1) is 14.8. The van der Waals surface area contributed by atoms with Crippen molar-refractivity contribution in [1.29, 1.82) is 0 Å². The molecule has 2 aromatic carbocycles. The maximum atomic E-state index is 14.9.